The molecule has 0 saturated carbocycles. The molecule has 266 valence electrons. The molecule has 0 bridgehead atoms. The number of halogens is 1. The van der Waals surface area contributed by atoms with Gasteiger partial charge in [0.05, 0.1) is 6.61 Å². The first-order valence-corrected chi connectivity index (χ1v) is 15.2. The Morgan fingerprint density at radius 1 is 0.745 bits per heavy atom. The minimum absolute atomic E-state index is 0.0588. The van der Waals surface area contributed by atoms with Crippen molar-refractivity contribution in [2.24, 2.45) is 0 Å². The minimum Gasteiger partial charge on any atom is -0.463 e. The summed E-state index contributed by atoms with van der Waals surface area (Å²) < 4.78 is 38.7. The summed E-state index contributed by atoms with van der Waals surface area (Å²) in [4.78, 5) is 87.7. The van der Waals surface area contributed by atoms with Crippen LogP contribution in [0.3, 0.4) is 0 Å². The molecule has 2 aliphatic rings. The Balaban J connectivity index is 2.91. The highest BCUT2D eigenvalue weighted by molar-refractivity contribution is 9.09. The van der Waals surface area contributed by atoms with E-state index in [-0.39, 0.29) is 11.9 Å². The lowest BCUT2D eigenvalue weighted by Gasteiger charge is -2.58. The van der Waals surface area contributed by atoms with Crippen LogP contribution in [-0.2, 0) is 66.7 Å². The van der Waals surface area contributed by atoms with E-state index in [1.54, 1.807) is 0 Å². The standard InChI is InChI=1S/C28H39BrO18/c1-11(30)19(37)23-26(38,12(2)31)28(40,14(4)33)27(39,13(3)32)25(47-23)46-20-18(10-42-15(5)34)45-24(41-9-8-29)22(44-17(7)36)21(20)43-16(6)35/h18-25,37-40H,8-10H2,1-7H3/t18-,19?,20-,21+,22-,23-,24+,25-,26+,27+,28+/m1/s1. The Hall–Kier alpha value is -2.75. The molecule has 2 aliphatic heterocycles. The van der Waals surface area contributed by atoms with Crippen LogP contribution in [0.15, 0.2) is 0 Å². The molecule has 0 aromatic rings. The fraction of sp³-hybridized carbons (Fsp3) is 0.750. The van der Waals surface area contributed by atoms with E-state index in [9.17, 15) is 54.0 Å². The van der Waals surface area contributed by atoms with Gasteiger partial charge in [-0.25, -0.2) is 0 Å². The van der Waals surface area contributed by atoms with Crippen molar-refractivity contribution in [2.75, 3.05) is 18.5 Å². The lowest BCUT2D eigenvalue weighted by atomic mass is 9.60. The largest absolute Gasteiger partial charge is 0.463 e. The van der Waals surface area contributed by atoms with E-state index in [0.29, 0.717) is 20.8 Å². The van der Waals surface area contributed by atoms with Gasteiger partial charge in [-0.05, 0) is 27.7 Å². The third-order valence-electron chi connectivity index (χ3n) is 7.70. The number of hydrogen-bond acceptors (Lipinski definition) is 18. The summed E-state index contributed by atoms with van der Waals surface area (Å²) in [6.07, 6.45) is -16.2. The van der Waals surface area contributed by atoms with Crippen molar-refractivity contribution in [1.82, 2.24) is 0 Å². The molecule has 19 heteroatoms. The van der Waals surface area contributed by atoms with Gasteiger partial charge in [0.1, 0.15) is 31.0 Å². The van der Waals surface area contributed by atoms with Crippen LogP contribution in [-0.4, -0.2) is 146 Å². The molecular weight excluding hydrogens is 704 g/mol. The molecule has 11 atom stereocenters. The molecule has 4 N–H and O–H groups in total. The van der Waals surface area contributed by atoms with Crippen molar-refractivity contribution < 1.29 is 87.1 Å². The average Bonchev–Trinajstić information content (AvgIpc) is 2.96. The van der Waals surface area contributed by atoms with Gasteiger partial charge in [0, 0.05) is 26.1 Å². The second kappa shape index (κ2) is 15.6. The zero-order chi connectivity index (χ0) is 36.2. The number of aliphatic hydroxyl groups is 4. The molecule has 0 aromatic carbocycles. The van der Waals surface area contributed by atoms with Crippen molar-refractivity contribution in [3.05, 3.63) is 0 Å². The summed E-state index contributed by atoms with van der Waals surface area (Å²) in [5, 5.41) is 46.3. The number of carbonyl (C=O) groups is 7. The number of esters is 3. The fourth-order valence-electron chi connectivity index (χ4n) is 5.51. The molecule has 1 unspecified atom stereocenters. The van der Waals surface area contributed by atoms with E-state index < -0.39 is 114 Å². The Kier molecular flexibility index (Phi) is 13.5. The monoisotopic (exact) mass is 742 g/mol. The lowest BCUT2D eigenvalue weighted by Crippen LogP contribution is -2.87. The highest BCUT2D eigenvalue weighted by Crippen LogP contribution is 2.49. The number of hydrogen-bond donors (Lipinski definition) is 4. The highest BCUT2D eigenvalue weighted by Gasteiger charge is 2.80. The van der Waals surface area contributed by atoms with Crippen LogP contribution in [0.25, 0.3) is 0 Å². The summed E-state index contributed by atoms with van der Waals surface area (Å²) in [6, 6.07) is 0. The topological polar surface area (TPSA) is 265 Å². The van der Waals surface area contributed by atoms with Crippen molar-refractivity contribution in [3.8, 4) is 0 Å². The molecule has 2 fully saturated rings. The Morgan fingerprint density at radius 3 is 1.70 bits per heavy atom. The molecule has 2 rings (SSSR count). The van der Waals surface area contributed by atoms with Crippen molar-refractivity contribution in [3.63, 3.8) is 0 Å². The number of carbonyl (C=O) groups excluding carboxylic acids is 7. The average molecular weight is 744 g/mol. The lowest BCUT2D eigenvalue weighted by molar-refractivity contribution is -0.398. The zero-order valence-electron chi connectivity index (χ0n) is 26.6. The van der Waals surface area contributed by atoms with Crippen LogP contribution >= 0.6 is 15.9 Å². The molecule has 0 radical (unpaired) electrons. The van der Waals surface area contributed by atoms with Crippen LogP contribution in [0.2, 0.25) is 0 Å². The van der Waals surface area contributed by atoms with Crippen molar-refractivity contribution in [1.29, 1.82) is 0 Å². The van der Waals surface area contributed by atoms with Crippen molar-refractivity contribution >= 4 is 57.0 Å². The summed E-state index contributed by atoms with van der Waals surface area (Å²) in [5.41, 5.74) is -11.2. The van der Waals surface area contributed by atoms with Crippen LogP contribution in [0.5, 0.6) is 0 Å². The molecule has 18 nitrogen and oxygen atoms in total. The van der Waals surface area contributed by atoms with Gasteiger partial charge in [-0.3, -0.25) is 33.6 Å². The third kappa shape index (κ3) is 7.62. The Morgan fingerprint density at radius 2 is 1.28 bits per heavy atom. The smallest absolute Gasteiger partial charge is 0.303 e. The van der Waals surface area contributed by atoms with Crippen LogP contribution in [0.1, 0.15) is 48.5 Å². The minimum atomic E-state index is -3.86. The second-order valence-corrected chi connectivity index (χ2v) is 11.8. The summed E-state index contributed by atoms with van der Waals surface area (Å²) in [7, 11) is 0. The molecule has 0 amide bonds. The first kappa shape index (κ1) is 40.4. The van der Waals surface area contributed by atoms with Gasteiger partial charge in [-0.2, -0.15) is 0 Å². The van der Waals surface area contributed by atoms with Gasteiger partial charge in [0.2, 0.25) is 11.2 Å². The van der Waals surface area contributed by atoms with E-state index >= 15 is 0 Å². The molecular formula is C28H39BrO18. The van der Waals surface area contributed by atoms with Gasteiger partial charge in [0.25, 0.3) is 0 Å². The molecule has 47 heavy (non-hydrogen) atoms. The van der Waals surface area contributed by atoms with Gasteiger partial charge in [0.15, 0.2) is 53.5 Å². The van der Waals surface area contributed by atoms with E-state index in [4.69, 9.17) is 33.2 Å². The molecule has 0 spiro atoms. The predicted molar refractivity (Wildman–Crippen MR) is 153 cm³/mol. The number of aliphatic hydroxyl groups excluding tert-OH is 1. The predicted octanol–water partition coefficient (Wildman–Crippen LogP) is -2.43. The van der Waals surface area contributed by atoms with Gasteiger partial charge in [-0.1, -0.05) is 15.9 Å². The van der Waals surface area contributed by atoms with E-state index in [1.165, 1.54) is 0 Å². The van der Waals surface area contributed by atoms with Crippen LogP contribution in [0.4, 0.5) is 0 Å². The highest BCUT2D eigenvalue weighted by atomic mass is 79.9. The molecule has 0 aromatic heterocycles. The van der Waals surface area contributed by atoms with Gasteiger partial charge >= 0.3 is 17.9 Å². The zero-order valence-corrected chi connectivity index (χ0v) is 28.2. The van der Waals surface area contributed by atoms with Crippen LogP contribution in [0, 0.1) is 0 Å². The number of alkyl halides is 1. The summed E-state index contributed by atoms with van der Waals surface area (Å²) in [6.45, 7) is 4.89. The summed E-state index contributed by atoms with van der Waals surface area (Å²) >= 11 is 3.16. The Labute approximate surface area is 277 Å². The molecule has 2 heterocycles. The van der Waals surface area contributed by atoms with E-state index in [1.807, 2.05) is 0 Å². The SMILES string of the molecule is CC(=O)OC[C@H]1O[C@H](OCCBr)[C@H](OC(C)=O)[C@@H](OC(C)=O)[C@@H]1O[C@@H]1O[C@H](C(O)C(C)=O)[C@@](O)(C(C)=O)[C@@](O)(C(C)=O)[C@]1(O)C(C)=O. The van der Waals surface area contributed by atoms with Gasteiger partial charge in [-0.15, -0.1) is 0 Å². The van der Waals surface area contributed by atoms with Crippen molar-refractivity contribution in [2.45, 2.75) is 114 Å². The molecule has 2 saturated heterocycles. The normalized spacial score (nSPS) is 36.0. The second-order valence-electron chi connectivity index (χ2n) is 11.0. The van der Waals surface area contributed by atoms with Gasteiger partial charge < -0.3 is 53.6 Å². The van der Waals surface area contributed by atoms with E-state index in [0.717, 1.165) is 27.7 Å². The third-order valence-corrected chi connectivity index (χ3v) is 8.02. The Bertz CT molecular complexity index is 1260. The summed E-state index contributed by atoms with van der Waals surface area (Å²) in [5.74, 6) is -8.56. The quantitative estimate of drug-likeness (QED) is 0.0819. The number of ether oxygens (including phenoxy) is 7. The van der Waals surface area contributed by atoms with E-state index in [2.05, 4.69) is 15.9 Å². The number of Topliss-reactive ketones (excluding diaryl/α,β-unsaturated/α-hetero) is 4. The number of ketones is 4. The fourth-order valence-corrected chi connectivity index (χ4v) is 5.70. The maximum atomic E-state index is 13.2. The molecule has 0 aliphatic carbocycles. The first-order valence-electron chi connectivity index (χ1n) is 14.1. The number of rotatable bonds is 14. The first-order chi connectivity index (χ1) is 21.6. The maximum Gasteiger partial charge on any atom is 0.303 e. The van der Waals surface area contributed by atoms with Crippen LogP contribution < -0.4 is 0 Å². The maximum absolute atomic E-state index is 13.2.